The molecule has 1 aromatic heterocycles. The van der Waals surface area contributed by atoms with E-state index in [1.54, 1.807) is 23.1 Å². The molecule has 1 aliphatic carbocycles. The van der Waals surface area contributed by atoms with E-state index >= 15 is 0 Å². The smallest absolute Gasteiger partial charge is 0.286 e. The van der Waals surface area contributed by atoms with E-state index in [9.17, 15) is 14.4 Å². The molecule has 10 nitrogen and oxygen atoms in total. The van der Waals surface area contributed by atoms with E-state index in [1.165, 1.54) is 19.3 Å². The van der Waals surface area contributed by atoms with E-state index in [0.717, 1.165) is 24.2 Å². The van der Waals surface area contributed by atoms with Crippen molar-refractivity contribution in [2.45, 2.75) is 51.0 Å². The van der Waals surface area contributed by atoms with Crippen molar-refractivity contribution in [1.29, 1.82) is 0 Å². The van der Waals surface area contributed by atoms with E-state index in [4.69, 9.17) is 9.47 Å². The maximum Gasteiger partial charge on any atom is 0.286 e. The number of piperidine rings is 1. The van der Waals surface area contributed by atoms with Gasteiger partial charge in [-0.15, -0.1) is 10.2 Å². The topological polar surface area (TPSA) is 123 Å². The first kappa shape index (κ1) is 22.6. The van der Waals surface area contributed by atoms with E-state index in [2.05, 4.69) is 20.8 Å². The molecule has 180 valence electrons. The van der Waals surface area contributed by atoms with Crippen LogP contribution in [0, 0.1) is 5.92 Å². The average molecular weight is 486 g/mol. The molecule has 0 atom stereocenters. The molecule has 1 aromatic carbocycles. The predicted molar refractivity (Wildman–Crippen MR) is 124 cm³/mol. The molecule has 5 rings (SSSR count). The van der Waals surface area contributed by atoms with Crippen molar-refractivity contribution in [3.8, 4) is 11.5 Å². The van der Waals surface area contributed by atoms with Gasteiger partial charge in [-0.2, -0.15) is 0 Å². The third kappa shape index (κ3) is 4.98. The van der Waals surface area contributed by atoms with Crippen molar-refractivity contribution in [3.05, 3.63) is 28.2 Å². The molecule has 2 fully saturated rings. The average Bonchev–Trinajstić information content (AvgIpc) is 3.54. The van der Waals surface area contributed by atoms with Crippen molar-refractivity contribution >= 4 is 34.7 Å². The van der Waals surface area contributed by atoms with Gasteiger partial charge in [0.1, 0.15) is 0 Å². The number of carbonyl (C=O) groups is 3. The molecule has 0 spiro atoms. The van der Waals surface area contributed by atoms with Gasteiger partial charge >= 0.3 is 0 Å². The van der Waals surface area contributed by atoms with Gasteiger partial charge in [0.15, 0.2) is 11.5 Å². The second-order valence-corrected chi connectivity index (χ2v) is 9.82. The Kier molecular flexibility index (Phi) is 6.61. The summed E-state index contributed by atoms with van der Waals surface area (Å²) in [5.41, 5.74) is 0.533. The highest BCUT2D eigenvalue weighted by molar-refractivity contribution is 7.15. The molecule has 0 radical (unpaired) electrons. The first-order valence-corrected chi connectivity index (χ1v) is 12.5. The minimum atomic E-state index is -0.450. The fourth-order valence-electron chi connectivity index (χ4n) is 4.61. The summed E-state index contributed by atoms with van der Waals surface area (Å²) in [5.74, 6) is 0.513. The van der Waals surface area contributed by atoms with Gasteiger partial charge in [-0.1, -0.05) is 30.6 Å². The number of nitrogens with zero attached hydrogens (tertiary/aromatic N) is 3. The molecule has 1 saturated heterocycles. The van der Waals surface area contributed by atoms with Gasteiger partial charge in [0.25, 0.3) is 11.8 Å². The van der Waals surface area contributed by atoms with E-state index in [1.807, 2.05) is 0 Å². The van der Waals surface area contributed by atoms with E-state index in [0.29, 0.717) is 49.2 Å². The highest BCUT2D eigenvalue weighted by atomic mass is 32.1. The van der Waals surface area contributed by atoms with Crippen LogP contribution in [0.25, 0.3) is 0 Å². The Morgan fingerprint density at radius 1 is 0.941 bits per heavy atom. The molecular weight excluding hydrogens is 458 g/mol. The highest BCUT2D eigenvalue weighted by Gasteiger charge is 2.31. The SMILES string of the molecule is O=C(Nc1ccc2c(c1)OCO2)c1nnc(C(=O)N2CCC(C(=O)NC3CCCCC3)CC2)s1. The van der Waals surface area contributed by atoms with Gasteiger partial charge in [0.2, 0.25) is 22.7 Å². The summed E-state index contributed by atoms with van der Waals surface area (Å²) in [4.78, 5) is 39.7. The second-order valence-electron chi connectivity index (χ2n) is 8.84. The number of benzene rings is 1. The van der Waals surface area contributed by atoms with Crippen molar-refractivity contribution in [2.75, 3.05) is 25.2 Å². The van der Waals surface area contributed by atoms with Crippen LogP contribution in [0.15, 0.2) is 18.2 Å². The number of carbonyl (C=O) groups excluding carboxylic acids is 3. The lowest BCUT2D eigenvalue weighted by Crippen LogP contribution is -2.45. The Balaban J connectivity index is 1.13. The van der Waals surface area contributed by atoms with Crippen LogP contribution in [0.4, 0.5) is 5.69 Å². The first-order chi connectivity index (χ1) is 16.6. The summed E-state index contributed by atoms with van der Waals surface area (Å²) < 4.78 is 10.6. The minimum Gasteiger partial charge on any atom is -0.454 e. The molecule has 3 heterocycles. The molecule has 0 bridgehead atoms. The summed E-state index contributed by atoms with van der Waals surface area (Å²) in [6.07, 6.45) is 6.98. The van der Waals surface area contributed by atoms with Crippen LogP contribution in [0.3, 0.4) is 0 Å². The summed E-state index contributed by atoms with van der Waals surface area (Å²) in [6.45, 7) is 1.12. The van der Waals surface area contributed by atoms with Gasteiger partial charge < -0.3 is 25.0 Å². The standard InChI is InChI=1S/C23H27N5O5S/c29-19(24-15-4-2-1-3-5-15)14-8-10-28(11-9-14)23(31)22-27-26-21(34-22)20(30)25-16-6-7-17-18(12-16)33-13-32-17/h6-7,12,14-15H,1-5,8-11,13H2,(H,24,29)(H,25,30). The number of hydrogen-bond acceptors (Lipinski definition) is 8. The highest BCUT2D eigenvalue weighted by Crippen LogP contribution is 2.34. The number of ether oxygens (including phenoxy) is 2. The van der Waals surface area contributed by atoms with Crippen LogP contribution in [0.1, 0.15) is 64.6 Å². The van der Waals surface area contributed by atoms with Crippen molar-refractivity contribution in [1.82, 2.24) is 20.4 Å². The lowest BCUT2D eigenvalue weighted by Gasteiger charge is -2.32. The number of likely N-dealkylation sites (tertiary alicyclic amines) is 1. The van der Waals surface area contributed by atoms with Gasteiger partial charge in [-0.3, -0.25) is 14.4 Å². The quantitative estimate of drug-likeness (QED) is 0.668. The van der Waals surface area contributed by atoms with Gasteiger partial charge in [0, 0.05) is 36.8 Å². The van der Waals surface area contributed by atoms with E-state index in [-0.39, 0.29) is 34.5 Å². The Labute approximate surface area is 201 Å². The molecular formula is C23H27N5O5S. The van der Waals surface area contributed by atoms with Gasteiger partial charge in [-0.25, -0.2) is 0 Å². The maximum atomic E-state index is 12.9. The summed E-state index contributed by atoms with van der Waals surface area (Å²) in [6, 6.07) is 5.38. The molecule has 3 aliphatic rings. The second kappa shape index (κ2) is 9.96. The summed E-state index contributed by atoms with van der Waals surface area (Å²) >= 11 is 0.957. The molecule has 1 saturated carbocycles. The molecule has 2 aliphatic heterocycles. The predicted octanol–water partition coefficient (Wildman–Crippen LogP) is 2.82. The lowest BCUT2D eigenvalue weighted by atomic mass is 9.92. The van der Waals surface area contributed by atoms with E-state index < -0.39 is 5.91 Å². The number of aromatic nitrogens is 2. The van der Waals surface area contributed by atoms with Crippen LogP contribution in [-0.4, -0.2) is 58.7 Å². The number of rotatable bonds is 5. The number of fused-ring (bicyclic) bond motifs is 1. The normalized spacial score (nSPS) is 18.5. The Hall–Kier alpha value is -3.21. The third-order valence-corrected chi connectivity index (χ3v) is 7.45. The fraction of sp³-hybridized carbons (Fsp3) is 0.522. The third-order valence-electron chi connectivity index (χ3n) is 6.54. The molecule has 2 aromatic rings. The first-order valence-electron chi connectivity index (χ1n) is 11.7. The molecule has 0 unspecified atom stereocenters. The fourth-order valence-corrected chi connectivity index (χ4v) is 5.31. The number of amides is 3. The minimum absolute atomic E-state index is 0.0663. The van der Waals surface area contributed by atoms with Crippen LogP contribution in [0.5, 0.6) is 11.5 Å². The van der Waals surface area contributed by atoms with Gasteiger partial charge in [0.05, 0.1) is 0 Å². The van der Waals surface area contributed by atoms with Gasteiger partial charge in [-0.05, 0) is 37.8 Å². The lowest BCUT2D eigenvalue weighted by molar-refractivity contribution is -0.127. The molecule has 3 amide bonds. The van der Waals surface area contributed by atoms with Crippen molar-refractivity contribution in [3.63, 3.8) is 0 Å². The number of nitrogens with one attached hydrogen (secondary N) is 2. The Morgan fingerprint density at radius 2 is 1.68 bits per heavy atom. The van der Waals surface area contributed by atoms with Crippen LogP contribution in [0.2, 0.25) is 0 Å². The molecule has 2 N–H and O–H groups in total. The van der Waals surface area contributed by atoms with Crippen molar-refractivity contribution < 1.29 is 23.9 Å². The summed E-state index contributed by atoms with van der Waals surface area (Å²) in [7, 11) is 0. The largest absolute Gasteiger partial charge is 0.454 e. The zero-order valence-corrected chi connectivity index (χ0v) is 19.6. The number of hydrogen-bond donors (Lipinski definition) is 2. The molecule has 34 heavy (non-hydrogen) atoms. The number of anilines is 1. The Morgan fingerprint density at radius 3 is 2.47 bits per heavy atom. The Bertz CT molecular complexity index is 1080. The maximum absolute atomic E-state index is 12.9. The zero-order chi connectivity index (χ0) is 23.5. The summed E-state index contributed by atoms with van der Waals surface area (Å²) in [5, 5.41) is 14.0. The monoisotopic (exact) mass is 485 g/mol. The van der Waals surface area contributed by atoms with Crippen molar-refractivity contribution in [2.24, 2.45) is 5.92 Å². The van der Waals surface area contributed by atoms with Crippen LogP contribution >= 0.6 is 11.3 Å². The molecule has 11 heteroatoms. The van der Waals surface area contributed by atoms with Crippen LogP contribution < -0.4 is 20.1 Å². The zero-order valence-electron chi connectivity index (χ0n) is 18.7. The van der Waals surface area contributed by atoms with Crippen LogP contribution in [-0.2, 0) is 4.79 Å².